The lowest BCUT2D eigenvalue weighted by atomic mass is 10.3. The molecule has 0 aliphatic heterocycles. The van der Waals surface area contributed by atoms with Gasteiger partial charge in [0.2, 0.25) is 0 Å². The van der Waals surface area contributed by atoms with Crippen molar-refractivity contribution in [2.45, 2.75) is 0 Å². The van der Waals surface area contributed by atoms with Crippen molar-refractivity contribution >= 4 is 17.2 Å². The first-order valence-electron chi connectivity index (χ1n) is 3.55. The molecule has 0 radical (unpaired) electrons. The summed E-state index contributed by atoms with van der Waals surface area (Å²) in [6, 6.07) is 0.526. The van der Waals surface area contributed by atoms with Crippen LogP contribution in [0.5, 0.6) is 0 Å². The molecule has 0 fully saturated rings. The van der Waals surface area contributed by atoms with Crippen molar-refractivity contribution in [3.63, 3.8) is 0 Å². The predicted molar refractivity (Wildman–Crippen MR) is 45.4 cm³/mol. The lowest BCUT2D eigenvalue weighted by Crippen LogP contribution is -2.30. The van der Waals surface area contributed by atoms with Gasteiger partial charge in [-0.1, -0.05) is 0 Å². The average molecular weight is 230 g/mol. The molecule has 0 bridgehead atoms. The van der Waals surface area contributed by atoms with Crippen LogP contribution in [0.3, 0.4) is 0 Å². The molecule has 11 nitrogen and oxygen atoms in total. The molecule has 0 unspecified atom stereocenters. The molecule has 1 rings (SSSR count). The van der Waals surface area contributed by atoms with Gasteiger partial charge in [0.05, 0.1) is 15.9 Å². The first-order valence-corrected chi connectivity index (χ1v) is 3.55. The van der Waals surface area contributed by atoms with Crippen LogP contribution in [0.25, 0.3) is 0 Å². The van der Waals surface area contributed by atoms with E-state index in [1.807, 2.05) is 0 Å². The van der Waals surface area contributed by atoms with Gasteiger partial charge in [0.15, 0.2) is 6.20 Å². The number of nitrogens with zero attached hydrogens (tertiary/aromatic N) is 4. The number of hydrogen-bond donors (Lipinski definition) is 0. The van der Waals surface area contributed by atoms with E-state index in [9.17, 15) is 35.6 Å². The van der Waals surface area contributed by atoms with Crippen molar-refractivity contribution in [2.24, 2.45) is 0 Å². The molecule has 84 valence electrons. The molecule has 16 heavy (non-hydrogen) atoms. The van der Waals surface area contributed by atoms with Crippen LogP contribution < -0.4 is 4.73 Å². The minimum absolute atomic E-state index is 0.412. The molecule has 0 aliphatic rings. The Hall–Kier alpha value is -2.85. The Bertz CT molecular complexity index is 498. The van der Waals surface area contributed by atoms with Gasteiger partial charge in [-0.15, -0.1) is 4.73 Å². The quantitative estimate of drug-likeness (QED) is 0.307. The average Bonchev–Trinajstić information content (AvgIpc) is 2.15. The second-order valence-electron chi connectivity index (χ2n) is 2.47. The second kappa shape index (κ2) is 3.72. The van der Waals surface area contributed by atoms with Crippen LogP contribution in [0.1, 0.15) is 0 Å². The SMILES string of the molecule is O=[N+]([O-])c1cc[n+]([O-])c([N+](=O)[O-])c1[N+](=O)[O-]. The number of aromatic nitrogens is 1. The third-order valence-electron chi connectivity index (χ3n) is 1.58. The maximum Gasteiger partial charge on any atom is 0.599 e. The van der Waals surface area contributed by atoms with Crippen LogP contribution in [-0.2, 0) is 0 Å². The largest absolute Gasteiger partial charge is 0.614 e. The summed E-state index contributed by atoms with van der Waals surface area (Å²) >= 11 is 0. The Kier molecular flexibility index (Phi) is 2.61. The molecule has 0 amide bonds. The highest BCUT2D eigenvalue weighted by Crippen LogP contribution is 2.32. The van der Waals surface area contributed by atoms with Gasteiger partial charge in [-0.3, -0.25) is 30.3 Å². The van der Waals surface area contributed by atoms with Gasteiger partial charge in [0.25, 0.3) is 0 Å². The molecule has 0 saturated heterocycles. The molecule has 1 aromatic rings. The zero-order chi connectivity index (χ0) is 12.5. The van der Waals surface area contributed by atoms with Crippen LogP contribution in [0.15, 0.2) is 12.3 Å². The Labute approximate surface area is 85.6 Å². The van der Waals surface area contributed by atoms with Crippen molar-refractivity contribution in [2.75, 3.05) is 0 Å². The lowest BCUT2D eigenvalue weighted by Gasteiger charge is -1.97. The van der Waals surface area contributed by atoms with E-state index >= 15 is 0 Å². The minimum Gasteiger partial charge on any atom is -0.614 e. The first-order chi connectivity index (χ1) is 7.36. The number of nitro groups is 3. The van der Waals surface area contributed by atoms with Gasteiger partial charge in [-0.25, -0.2) is 0 Å². The van der Waals surface area contributed by atoms with E-state index in [0.29, 0.717) is 12.3 Å². The highest BCUT2D eigenvalue weighted by atomic mass is 16.7. The van der Waals surface area contributed by atoms with Crippen molar-refractivity contribution in [3.8, 4) is 0 Å². The molecular formula is C5H2N4O7. The topological polar surface area (TPSA) is 156 Å². The van der Waals surface area contributed by atoms with E-state index in [0.717, 1.165) is 0 Å². The van der Waals surface area contributed by atoms with Crippen LogP contribution in [0.4, 0.5) is 17.2 Å². The summed E-state index contributed by atoms with van der Waals surface area (Å²) in [7, 11) is 0. The summed E-state index contributed by atoms with van der Waals surface area (Å²) in [6.07, 6.45) is 0.462. The molecule has 1 aromatic heterocycles. The summed E-state index contributed by atoms with van der Waals surface area (Å²) in [5, 5.41) is 42.1. The van der Waals surface area contributed by atoms with E-state index in [1.54, 1.807) is 0 Å². The van der Waals surface area contributed by atoms with Crippen molar-refractivity contribution in [3.05, 3.63) is 47.8 Å². The number of pyridine rings is 1. The molecule has 0 aliphatic carbocycles. The van der Waals surface area contributed by atoms with E-state index < -0.39 is 36.7 Å². The first kappa shape index (κ1) is 11.2. The fraction of sp³-hybridized carbons (Fsp3) is 0. The Balaban J connectivity index is 3.70. The van der Waals surface area contributed by atoms with Crippen molar-refractivity contribution < 1.29 is 19.5 Å². The van der Waals surface area contributed by atoms with Crippen molar-refractivity contribution in [1.29, 1.82) is 0 Å². The zero-order valence-corrected chi connectivity index (χ0v) is 7.30. The molecule has 0 N–H and O–H groups in total. The van der Waals surface area contributed by atoms with Crippen LogP contribution in [0.2, 0.25) is 0 Å². The van der Waals surface area contributed by atoms with Crippen LogP contribution in [0, 0.1) is 35.6 Å². The summed E-state index contributed by atoms with van der Waals surface area (Å²) in [5.74, 6) is -1.49. The van der Waals surface area contributed by atoms with Crippen LogP contribution in [-0.4, -0.2) is 14.8 Å². The minimum atomic E-state index is -1.49. The number of rotatable bonds is 3. The third-order valence-corrected chi connectivity index (χ3v) is 1.58. The molecule has 0 aromatic carbocycles. The monoisotopic (exact) mass is 230 g/mol. The molecular weight excluding hydrogens is 228 g/mol. The zero-order valence-electron chi connectivity index (χ0n) is 7.30. The molecule has 0 spiro atoms. The second-order valence-corrected chi connectivity index (χ2v) is 2.47. The summed E-state index contributed by atoms with van der Waals surface area (Å²) in [4.78, 5) is 27.3. The molecule has 0 atom stereocenters. The molecule has 11 heteroatoms. The van der Waals surface area contributed by atoms with Gasteiger partial charge in [0, 0.05) is 0 Å². The predicted octanol–water partition coefficient (Wildman–Crippen LogP) is 0.0446. The summed E-state index contributed by atoms with van der Waals surface area (Å²) < 4.78 is -0.412. The fourth-order valence-corrected chi connectivity index (χ4v) is 0.996. The smallest absolute Gasteiger partial charge is 0.599 e. The highest BCUT2D eigenvalue weighted by molar-refractivity contribution is 5.59. The third kappa shape index (κ3) is 1.68. The normalized spacial score (nSPS) is 9.75. The van der Waals surface area contributed by atoms with Gasteiger partial charge >= 0.3 is 17.2 Å². The van der Waals surface area contributed by atoms with E-state index in [1.165, 1.54) is 0 Å². The fourth-order valence-electron chi connectivity index (χ4n) is 0.996. The molecule has 1 heterocycles. The van der Waals surface area contributed by atoms with Crippen LogP contribution >= 0.6 is 0 Å². The Morgan fingerprint density at radius 3 is 1.94 bits per heavy atom. The van der Waals surface area contributed by atoms with Gasteiger partial charge < -0.3 is 5.21 Å². The standard InChI is InChI=1S/C5H2N4O7/c10-6-2-1-3(7(11)12)4(8(13)14)5(6)9(15)16/h1-2H. The van der Waals surface area contributed by atoms with Gasteiger partial charge in [-0.2, -0.15) is 0 Å². The summed E-state index contributed by atoms with van der Waals surface area (Å²) in [5.41, 5.74) is -2.55. The lowest BCUT2D eigenvalue weighted by molar-refractivity contribution is -0.669. The maximum absolute atomic E-state index is 10.9. The van der Waals surface area contributed by atoms with Gasteiger partial charge in [-0.05, 0) is 0 Å². The Morgan fingerprint density at radius 2 is 1.56 bits per heavy atom. The summed E-state index contributed by atoms with van der Waals surface area (Å²) in [6.45, 7) is 0. The van der Waals surface area contributed by atoms with E-state index in [-0.39, 0.29) is 0 Å². The van der Waals surface area contributed by atoms with E-state index in [2.05, 4.69) is 0 Å². The highest BCUT2D eigenvalue weighted by Gasteiger charge is 2.44. The molecule has 0 saturated carbocycles. The van der Waals surface area contributed by atoms with Crippen molar-refractivity contribution in [1.82, 2.24) is 0 Å². The van der Waals surface area contributed by atoms with E-state index in [4.69, 9.17) is 0 Å². The van der Waals surface area contributed by atoms with Gasteiger partial charge in [0.1, 0.15) is 4.92 Å². The maximum atomic E-state index is 10.9. The Morgan fingerprint density at radius 1 is 1.00 bits per heavy atom. The number of hydrogen-bond acceptors (Lipinski definition) is 7.